The van der Waals surface area contributed by atoms with Crippen molar-refractivity contribution in [2.45, 2.75) is 26.2 Å². The van der Waals surface area contributed by atoms with Crippen molar-refractivity contribution in [3.63, 3.8) is 0 Å². The number of aromatic nitrogens is 1. The molecule has 0 bridgehead atoms. The maximum Gasteiger partial charge on any atom is 0.254 e. The van der Waals surface area contributed by atoms with Crippen molar-refractivity contribution in [1.29, 1.82) is 0 Å². The van der Waals surface area contributed by atoms with Crippen molar-refractivity contribution in [2.24, 2.45) is 11.3 Å². The Bertz CT molecular complexity index is 459. The summed E-state index contributed by atoms with van der Waals surface area (Å²) in [6, 6.07) is 1.34. The summed E-state index contributed by atoms with van der Waals surface area (Å²) < 4.78 is 13.8. The first-order valence-electron chi connectivity index (χ1n) is 5.95. The van der Waals surface area contributed by atoms with Gasteiger partial charge in [-0.15, -0.1) is 0 Å². The third-order valence-corrected chi connectivity index (χ3v) is 3.51. The molecule has 1 amide bonds. The van der Waals surface area contributed by atoms with Crippen molar-refractivity contribution >= 4 is 11.7 Å². The number of anilines is 1. The van der Waals surface area contributed by atoms with Crippen LogP contribution in [-0.4, -0.2) is 17.4 Å². The van der Waals surface area contributed by atoms with Gasteiger partial charge in [0.1, 0.15) is 0 Å². The zero-order valence-electron chi connectivity index (χ0n) is 10.3. The molecule has 0 saturated heterocycles. The zero-order valence-corrected chi connectivity index (χ0v) is 10.3. The molecule has 0 spiro atoms. The van der Waals surface area contributed by atoms with Crippen LogP contribution in [-0.2, 0) is 0 Å². The Morgan fingerprint density at radius 2 is 2.33 bits per heavy atom. The van der Waals surface area contributed by atoms with E-state index in [0.717, 1.165) is 12.8 Å². The molecule has 0 atom stereocenters. The van der Waals surface area contributed by atoms with E-state index in [2.05, 4.69) is 22.7 Å². The number of halogens is 1. The van der Waals surface area contributed by atoms with Crippen molar-refractivity contribution in [3.8, 4) is 0 Å². The van der Waals surface area contributed by atoms with Gasteiger partial charge in [0, 0.05) is 12.7 Å². The van der Waals surface area contributed by atoms with Gasteiger partial charge in [0.05, 0.1) is 5.56 Å². The lowest BCUT2D eigenvalue weighted by atomic mass is 9.70. The number of rotatable bonds is 4. The summed E-state index contributed by atoms with van der Waals surface area (Å²) in [7, 11) is 0. The fourth-order valence-electron chi connectivity index (χ4n) is 2.07. The molecule has 1 aliphatic rings. The zero-order chi connectivity index (χ0) is 13.2. The summed E-state index contributed by atoms with van der Waals surface area (Å²) in [6.07, 6.45) is 4.74. The molecule has 1 aliphatic carbocycles. The van der Waals surface area contributed by atoms with Crippen LogP contribution < -0.4 is 16.6 Å². The van der Waals surface area contributed by atoms with Crippen LogP contribution in [0.2, 0.25) is 0 Å². The van der Waals surface area contributed by atoms with Crippen LogP contribution in [0.25, 0.3) is 0 Å². The first kappa shape index (κ1) is 12.8. The average Bonchev–Trinajstić information content (AvgIpc) is 2.34. The van der Waals surface area contributed by atoms with E-state index in [1.165, 1.54) is 18.7 Å². The van der Waals surface area contributed by atoms with E-state index in [4.69, 9.17) is 5.84 Å². The smallest absolute Gasteiger partial charge is 0.254 e. The number of amides is 1. The third-order valence-electron chi connectivity index (χ3n) is 3.51. The molecule has 4 N–H and O–H groups in total. The standard InChI is InChI=1S/C12H17FN4O/c1-12(4-2-5-12)7-16-11(18)8-3-6-15-10(17-14)9(8)13/h3,6H,2,4-5,7,14H2,1H3,(H,15,17)(H,16,18). The highest BCUT2D eigenvalue weighted by molar-refractivity contribution is 5.95. The minimum absolute atomic E-state index is 0.0409. The second-order valence-electron chi connectivity index (χ2n) is 5.01. The van der Waals surface area contributed by atoms with E-state index < -0.39 is 11.7 Å². The van der Waals surface area contributed by atoms with Crippen LogP contribution in [0.4, 0.5) is 10.2 Å². The van der Waals surface area contributed by atoms with Gasteiger partial charge < -0.3 is 10.7 Å². The van der Waals surface area contributed by atoms with Crippen molar-refractivity contribution in [2.75, 3.05) is 12.0 Å². The van der Waals surface area contributed by atoms with Crippen LogP contribution >= 0.6 is 0 Å². The molecule has 2 rings (SSSR count). The summed E-state index contributed by atoms with van der Waals surface area (Å²) in [6.45, 7) is 2.69. The molecule has 0 aliphatic heterocycles. The van der Waals surface area contributed by atoms with Crippen LogP contribution in [0.1, 0.15) is 36.5 Å². The van der Waals surface area contributed by atoms with Gasteiger partial charge >= 0.3 is 0 Å². The lowest BCUT2D eigenvalue weighted by Crippen LogP contribution is -2.40. The fraction of sp³-hybridized carbons (Fsp3) is 0.500. The first-order valence-corrected chi connectivity index (χ1v) is 5.95. The molecule has 0 aromatic carbocycles. The van der Waals surface area contributed by atoms with Crippen LogP contribution in [0, 0.1) is 11.2 Å². The van der Waals surface area contributed by atoms with E-state index in [1.54, 1.807) is 0 Å². The molecule has 6 heteroatoms. The average molecular weight is 252 g/mol. The number of nitrogens with two attached hydrogens (primary N) is 1. The summed E-state index contributed by atoms with van der Waals surface area (Å²) in [5.41, 5.74) is 2.24. The van der Waals surface area contributed by atoms with Gasteiger partial charge in [-0.1, -0.05) is 13.3 Å². The Kier molecular flexibility index (Phi) is 3.47. The van der Waals surface area contributed by atoms with E-state index in [-0.39, 0.29) is 16.8 Å². The largest absolute Gasteiger partial charge is 0.351 e. The quantitative estimate of drug-likeness (QED) is 0.559. The predicted octanol–water partition coefficient (Wildman–Crippen LogP) is 1.43. The van der Waals surface area contributed by atoms with Gasteiger partial charge in [0.2, 0.25) is 0 Å². The van der Waals surface area contributed by atoms with Crippen molar-refractivity contribution in [3.05, 3.63) is 23.6 Å². The number of carbonyl (C=O) groups is 1. The third kappa shape index (κ3) is 2.43. The Balaban J connectivity index is 2.04. The molecule has 0 radical (unpaired) electrons. The Labute approximate surface area is 105 Å². The fourth-order valence-corrected chi connectivity index (χ4v) is 2.07. The molecule has 18 heavy (non-hydrogen) atoms. The molecular formula is C12H17FN4O. The molecular weight excluding hydrogens is 235 g/mol. The highest BCUT2D eigenvalue weighted by atomic mass is 19.1. The van der Waals surface area contributed by atoms with Gasteiger partial charge in [-0.3, -0.25) is 4.79 Å². The Morgan fingerprint density at radius 1 is 1.61 bits per heavy atom. The van der Waals surface area contributed by atoms with Crippen molar-refractivity contribution in [1.82, 2.24) is 10.3 Å². The lowest BCUT2D eigenvalue weighted by molar-refractivity contribution is 0.0887. The Morgan fingerprint density at radius 3 is 2.89 bits per heavy atom. The van der Waals surface area contributed by atoms with Gasteiger partial charge in [-0.2, -0.15) is 0 Å². The molecule has 1 aromatic rings. The van der Waals surface area contributed by atoms with E-state index >= 15 is 0 Å². The van der Waals surface area contributed by atoms with Crippen LogP contribution in [0.5, 0.6) is 0 Å². The van der Waals surface area contributed by atoms with Gasteiger partial charge in [0.25, 0.3) is 5.91 Å². The second kappa shape index (κ2) is 4.89. The molecule has 98 valence electrons. The number of nitrogens with one attached hydrogen (secondary N) is 2. The first-order chi connectivity index (χ1) is 8.56. The second-order valence-corrected chi connectivity index (χ2v) is 5.01. The molecule has 1 heterocycles. The Hall–Kier alpha value is -1.69. The van der Waals surface area contributed by atoms with Crippen LogP contribution in [0.3, 0.4) is 0 Å². The predicted molar refractivity (Wildman–Crippen MR) is 66.3 cm³/mol. The summed E-state index contributed by atoms with van der Waals surface area (Å²) in [4.78, 5) is 15.6. The SMILES string of the molecule is CC1(CNC(=O)c2ccnc(NN)c2F)CCC1. The van der Waals surface area contributed by atoms with E-state index in [9.17, 15) is 9.18 Å². The number of hydrogen-bond donors (Lipinski definition) is 3. The maximum atomic E-state index is 13.8. The number of pyridine rings is 1. The number of hydrogen-bond acceptors (Lipinski definition) is 4. The van der Waals surface area contributed by atoms with Gasteiger partial charge in [0.15, 0.2) is 11.6 Å². The number of carbonyl (C=O) groups excluding carboxylic acids is 1. The van der Waals surface area contributed by atoms with Crippen molar-refractivity contribution < 1.29 is 9.18 Å². The molecule has 1 aromatic heterocycles. The van der Waals surface area contributed by atoms with E-state index in [1.807, 2.05) is 0 Å². The maximum absolute atomic E-state index is 13.8. The molecule has 0 unspecified atom stereocenters. The molecule has 5 nitrogen and oxygen atoms in total. The minimum Gasteiger partial charge on any atom is -0.351 e. The number of nitrogen functional groups attached to an aromatic ring is 1. The summed E-state index contributed by atoms with van der Waals surface area (Å²) in [5, 5.41) is 2.76. The van der Waals surface area contributed by atoms with Crippen LogP contribution in [0.15, 0.2) is 12.3 Å². The molecule has 1 saturated carbocycles. The number of nitrogens with zero attached hydrogens (tertiary/aromatic N) is 1. The minimum atomic E-state index is -0.726. The highest BCUT2D eigenvalue weighted by Gasteiger charge is 2.32. The van der Waals surface area contributed by atoms with Gasteiger partial charge in [-0.05, 0) is 24.3 Å². The topological polar surface area (TPSA) is 80.0 Å². The van der Waals surface area contributed by atoms with E-state index in [0.29, 0.717) is 6.54 Å². The molecule has 1 fully saturated rings. The monoisotopic (exact) mass is 252 g/mol. The number of hydrazine groups is 1. The summed E-state index contributed by atoms with van der Waals surface area (Å²) in [5.74, 6) is 3.83. The van der Waals surface area contributed by atoms with Gasteiger partial charge in [-0.25, -0.2) is 15.2 Å². The summed E-state index contributed by atoms with van der Waals surface area (Å²) >= 11 is 0. The normalized spacial score (nSPS) is 16.8. The lowest BCUT2D eigenvalue weighted by Gasteiger charge is -2.38. The highest BCUT2D eigenvalue weighted by Crippen LogP contribution is 2.39.